The minimum Gasteiger partial charge on any atom is -0.444 e. The highest BCUT2D eigenvalue weighted by Gasteiger charge is 2.43. The van der Waals surface area contributed by atoms with E-state index in [1.54, 1.807) is 4.90 Å². The third-order valence-electron chi connectivity index (χ3n) is 6.71. The topological polar surface area (TPSA) is 83.5 Å². The van der Waals surface area contributed by atoms with E-state index < -0.39 is 24.3 Å². The second-order valence-electron chi connectivity index (χ2n) is 10.5. The first-order valence-corrected chi connectivity index (χ1v) is 12.8. The molecule has 202 valence electrons. The van der Waals surface area contributed by atoms with Crippen molar-refractivity contribution in [3.63, 3.8) is 0 Å². The Kier molecular flexibility index (Phi) is 6.97. The first kappa shape index (κ1) is 26.3. The predicted molar refractivity (Wildman–Crippen MR) is 139 cm³/mol. The number of piperazine rings is 1. The van der Waals surface area contributed by atoms with Crippen LogP contribution >= 0.6 is 11.6 Å². The van der Waals surface area contributed by atoms with Crippen LogP contribution in [0.3, 0.4) is 0 Å². The van der Waals surface area contributed by atoms with E-state index in [-0.39, 0.29) is 40.3 Å². The molecule has 3 aliphatic rings. The van der Waals surface area contributed by atoms with Crippen LogP contribution in [0, 0.1) is 5.82 Å². The molecule has 1 aromatic carbocycles. The van der Waals surface area contributed by atoms with Crippen LogP contribution in [0.15, 0.2) is 30.6 Å². The lowest BCUT2D eigenvalue weighted by Crippen LogP contribution is -2.64. The number of hydrogen-bond acceptors (Lipinski definition) is 7. The van der Waals surface area contributed by atoms with Crippen LogP contribution in [0.2, 0.25) is 5.02 Å². The molecule has 6 rings (SSSR count). The summed E-state index contributed by atoms with van der Waals surface area (Å²) >= 11 is 6.02. The standard InChI is InChI=1S/C26H28ClF3N6O2/c1-26(2,3)38-25(37)36-12-15-5-6-16(36)11-35(15)20-9-8-18-23(34-20)24(32-13-31-18)33-17-7-4-14(10-19(28)29)21(27)22(17)30/h4,7-9,13,15-16,19H,5-6,10-12H2,1-3H3,(H,31,32,33)/t15?,16-/m1/s1. The maximum Gasteiger partial charge on any atom is 0.410 e. The van der Waals surface area contributed by atoms with E-state index in [1.807, 2.05) is 32.9 Å². The molecule has 1 unspecified atom stereocenters. The fourth-order valence-electron chi connectivity index (χ4n) is 4.97. The van der Waals surface area contributed by atoms with Gasteiger partial charge in [-0.05, 0) is 57.4 Å². The van der Waals surface area contributed by atoms with Gasteiger partial charge in [0.25, 0.3) is 0 Å². The molecule has 3 aromatic rings. The average molecular weight is 549 g/mol. The number of amides is 1. The van der Waals surface area contributed by atoms with Crippen molar-refractivity contribution in [3.05, 3.63) is 47.0 Å². The molecule has 5 heterocycles. The Morgan fingerprint density at radius 1 is 1.16 bits per heavy atom. The van der Waals surface area contributed by atoms with Crippen molar-refractivity contribution in [3.8, 4) is 0 Å². The third-order valence-corrected chi connectivity index (χ3v) is 7.12. The van der Waals surface area contributed by atoms with Crippen molar-refractivity contribution in [1.82, 2.24) is 19.9 Å². The molecule has 2 bridgehead atoms. The zero-order valence-electron chi connectivity index (χ0n) is 21.2. The molecule has 3 fully saturated rings. The molecule has 2 aromatic heterocycles. The molecule has 3 aliphatic heterocycles. The van der Waals surface area contributed by atoms with Gasteiger partial charge in [0.05, 0.1) is 22.3 Å². The molecule has 0 saturated carbocycles. The van der Waals surface area contributed by atoms with Crippen LogP contribution in [0.5, 0.6) is 0 Å². The van der Waals surface area contributed by atoms with Crippen molar-refractivity contribution in [1.29, 1.82) is 0 Å². The van der Waals surface area contributed by atoms with Crippen molar-refractivity contribution in [2.45, 2.75) is 64.1 Å². The average Bonchev–Trinajstić information content (AvgIpc) is 2.87. The number of aromatic nitrogens is 3. The normalized spacial score (nSPS) is 19.4. The van der Waals surface area contributed by atoms with Crippen molar-refractivity contribution < 1.29 is 22.7 Å². The van der Waals surface area contributed by atoms with Crippen LogP contribution in [-0.2, 0) is 11.2 Å². The van der Waals surface area contributed by atoms with Gasteiger partial charge in [0, 0.05) is 25.6 Å². The number of fused-ring (bicyclic) bond motifs is 4. The van der Waals surface area contributed by atoms with Crippen LogP contribution in [0.25, 0.3) is 11.0 Å². The zero-order valence-corrected chi connectivity index (χ0v) is 22.0. The first-order valence-electron chi connectivity index (χ1n) is 12.4. The van der Waals surface area contributed by atoms with Gasteiger partial charge in [-0.1, -0.05) is 17.7 Å². The summed E-state index contributed by atoms with van der Waals surface area (Å²) in [6, 6.07) is 6.47. The monoisotopic (exact) mass is 548 g/mol. The molecule has 12 heteroatoms. The summed E-state index contributed by atoms with van der Waals surface area (Å²) in [5.74, 6) is 0.106. The largest absolute Gasteiger partial charge is 0.444 e. The molecular weight excluding hydrogens is 521 g/mol. The van der Waals surface area contributed by atoms with E-state index in [4.69, 9.17) is 21.3 Å². The summed E-state index contributed by atoms with van der Waals surface area (Å²) < 4.78 is 46.1. The fraction of sp³-hybridized carbons (Fsp3) is 0.462. The Morgan fingerprint density at radius 2 is 1.92 bits per heavy atom. The maximum atomic E-state index is 14.9. The number of pyridine rings is 1. The van der Waals surface area contributed by atoms with Gasteiger partial charge in [-0.25, -0.2) is 32.9 Å². The number of piperidine rings is 2. The molecule has 1 N–H and O–H groups in total. The molecule has 1 amide bonds. The predicted octanol–water partition coefficient (Wildman–Crippen LogP) is 5.96. The van der Waals surface area contributed by atoms with E-state index >= 15 is 0 Å². The van der Waals surface area contributed by atoms with E-state index in [1.165, 1.54) is 18.5 Å². The van der Waals surface area contributed by atoms with E-state index in [9.17, 15) is 18.0 Å². The summed E-state index contributed by atoms with van der Waals surface area (Å²) in [5.41, 5.74) is 0.416. The molecule has 38 heavy (non-hydrogen) atoms. The number of carbonyl (C=O) groups is 1. The smallest absolute Gasteiger partial charge is 0.410 e. The lowest BCUT2D eigenvalue weighted by atomic mass is 9.91. The maximum absolute atomic E-state index is 14.9. The molecule has 0 spiro atoms. The molecule has 8 nitrogen and oxygen atoms in total. The minimum atomic E-state index is -2.64. The number of rotatable bonds is 5. The van der Waals surface area contributed by atoms with Crippen molar-refractivity contribution in [2.75, 3.05) is 23.3 Å². The van der Waals surface area contributed by atoms with Gasteiger partial charge in [0.2, 0.25) is 6.43 Å². The summed E-state index contributed by atoms with van der Waals surface area (Å²) in [6.45, 7) is 6.69. The first-order chi connectivity index (χ1) is 18.0. The number of ether oxygens (including phenoxy) is 1. The lowest BCUT2D eigenvalue weighted by Gasteiger charge is -2.51. The fourth-order valence-corrected chi connectivity index (χ4v) is 5.21. The lowest BCUT2D eigenvalue weighted by molar-refractivity contribution is 0.000787. The molecule has 0 radical (unpaired) electrons. The van der Waals surface area contributed by atoms with E-state index in [2.05, 4.69) is 20.2 Å². The van der Waals surface area contributed by atoms with Crippen LogP contribution in [-0.4, -0.2) is 63.1 Å². The van der Waals surface area contributed by atoms with Gasteiger partial charge in [-0.2, -0.15) is 0 Å². The second-order valence-corrected chi connectivity index (χ2v) is 10.9. The van der Waals surface area contributed by atoms with E-state index in [0.29, 0.717) is 29.9 Å². The van der Waals surface area contributed by atoms with Gasteiger partial charge in [-0.3, -0.25) is 0 Å². The number of benzene rings is 1. The summed E-state index contributed by atoms with van der Waals surface area (Å²) in [5, 5.41) is 2.54. The van der Waals surface area contributed by atoms with Crippen LogP contribution in [0.1, 0.15) is 39.2 Å². The quantitative estimate of drug-likeness (QED) is 0.421. The number of halogens is 4. The third kappa shape index (κ3) is 5.29. The van der Waals surface area contributed by atoms with Gasteiger partial charge in [-0.15, -0.1) is 0 Å². The Bertz CT molecular complexity index is 1370. The Balaban J connectivity index is 1.40. The summed E-state index contributed by atoms with van der Waals surface area (Å²) in [6.07, 6.45) is -0.460. The number of carbonyl (C=O) groups excluding carboxylic acids is 1. The zero-order chi connectivity index (χ0) is 27.2. The molecular formula is C26H28ClF3N6O2. The molecule has 0 aliphatic carbocycles. The van der Waals surface area contributed by atoms with E-state index in [0.717, 1.165) is 12.8 Å². The summed E-state index contributed by atoms with van der Waals surface area (Å²) in [4.78, 5) is 30.0. The summed E-state index contributed by atoms with van der Waals surface area (Å²) in [7, 11) is 0. The van der Waals surface area contributed by atoms with Crippen molar-refractivity contribution >= 4 is 46.1 Å². The van der Waals surface area contributed by atoms with Gasteiger partial charge < -0.3 is 19.9 Å². The van der Waals surface area contributed by atoms with Crippen LogP contribution < -0.4 is 10.2 Å². The SMILES string of the molecule is CC(C)(C)OC(=O)N1CC2CC[C@@H]1CN2c1ccc2ncnc(Nc3ccc(CC(F)F)c(Cl)c3F)c2n1. The van der Waals surface area contributed by atoms with Crippen LogP contribution in [0.4, 0.5) is 35.3 Å². The highest BCUT2D eigenvalue weighted by Crippen LogP contribution is 2.35. The van der Waals surface area contributed by atoms with Gasteiger partial charge in [0.15, 0.2) is 11.6 Å². The number of nitrogens with zero attached hydrogens (tertiary/aromatic N) is 5. The van der Waals surface area contributed by atoms with Gasteiger partial charge >= 0.3 is 6.09 Å². The highest BCUT2D eigenvalue weighted by molar-refractivity contribution is 6.31. The second kappa shape index (κ2) is 10.1. The number of hydrogen-bond donors (Lipinski definition) is 1. The number of anilines is 3. The Morgan fingerprint density at radius 3 is 2.61 bits per heavy atom. The number of alkyl halides is 2. The van der Waals surface area contributed by atoms with Crippen molar-refractivity contribution in [2.24, 2.45) is 0 Å². The minimum absolute atomic E-state index is 0.0000397. The molecule has 3 saturated heterocycles. The van der Waals surface area contributed by atoms with Gasteiger partial charge in [0.1, 0.15) is 23.3 Å². The molecule has 2 atom stereocenters. The Labute approximate surface area is 223 Å². The highest BCUT2D eigenvalue weighted by atomic mass is 35.5. The number of nitrogens with one attached hydrogen (secondary N) is 1. The Hall–Kier alpha value is -3.34.